The van der Waals surface area contributed by atoms with Crippen molar-refractivity contribution < 1.29 is 14.3 Å². The van der Waals surface area contributed by atoms with Crippen LogP contribution in [0.25, 0.3) is 11.4 Å². The lowest BCUT2D eigenvalue weighted by Gasteiger charge is -2.19. The van der Waals surface area contributed by atoms with E-state index in [4.69, 9.17) is 9.47 Å². The van der Waals surface area contributed by atoms with Crippen LogP contribution in [0.15, 0.2) is 42.5 Å². The maximum atomic E-state index is 12.3. The number of carbonyl (C=O) groups excluding carboxylic acids is 1. The second kappa shape index (κ2) is 7.46. The molecule has 2 aromatic carbocycles. The van der Waals surface area contributed by atoms with E-state index in [2.05, 4.69) is 25.4 Å². The minimum atomic E-state index is -0.325. The van der Waals surface area contributed by atoms with Gasteiger partial charge in [0.2, 0.25) is 0 Å². The second-order valence-corrected chi connectivity index (χ2v) is 7.06. The molecule has 1 aromatic heterocycles. The van der Waals surface area contributed by atoms with Crippen LogP contribution in [0.4, 0.5) is 16.2 Å². The molecule has 5 rings (SSSR count). The van der Waals surface area contributed by atoms with Gasteiger partial charge in [0, 0.05) is 36.0 Å². The van der Waals surface area contributed by atoms with Gasteiger partial charge in [-0.15, -0.1) is 10.2 Å². The third-order valence-electron chi connectivity index (χ3n) is 5.06. The Morgan fingerprint density at radius 1 is 0.897 bits per heavy atom. The zero-order valence-electron chi connectivity index (χ0n) is 15.9. The molecular formula is C21H21N5O3. The summed E-state index contributed by atoms with van der Waals surface area (Å²) < 4.78 is 13.2. The number of benzene rings is 2. The maximum Gasteiger partial charge on any atom is 0.323 e. The monoisotopic (exact) mass is 391 g/mol. The highest BCUT2D eigenvalue weighted by Gasteiger charge is 2.17. The number of amides is 2. The van der Waals surface area contributed by atoms with Crippen LogP contribution in [-0.4, -0.2) is 34.0 Å². The number of nitrogens with zero attached hydrogens (tertiary/aromatic N) is 3. The Morgan fingerprint density at radius 3 is 2.52 bits per heavy atom. The highest BCUT2D eigenvalue weighted by atomic mass is 16.6. The minimum Gasteiger partial charge on any atom is -0.486 e. The molecule has 2 aliphatic rings. The van der Waals surface area contributed by atoms with Crippen LogP contribution < -0.4 is 20.1 Å². The van der Waals surface area contributed by atoms with Crippen LogP contribution in [-0.2, 0) is 13.0 Å². The molecule has 148 valence electrons. The van der Waals surface area contributed by atoms with Crippen molar-refractivity contribution in [2.24, 2.45) is 0 Å². The van der Waals surface area contributed by atoms with Gasteiger partial charge in [0.1, 0.15) is 19.0 Å². The minimum absolute atomic E-state index is 0.325. The molecule has 0 fully saturated rings. The van der Waals surface area contributed by atoms with Crippen molar-refractivity contribution in [2.75, 3.05) is 23.8 Å². The van der Waals surface area contributed by atoms with Gasteiger partial charge < -0.3 is 24.7 Å². The molecule has 3 heterocycles. The van der Waals surface area contributed by atoms with Gasteiger partial charge in [0.25, 0.3) is 0 Å². The molecule has 2 N–H and O–H groups in total. The molecule has 29 heavy (non-hydrogen) atoms. The van der Waals surface area contributed by atoms with Crippen molar-refractivity contribution in [3.8, 4) is 22.9 Å². The predicted octanol–water partition coefficient (Wildman–Crippen LogP) is 3.70. The number of hydrogen-bond donors (Lipinski definition) is 2. The second-order valence-electron chi connectivity index (χ2n) is 7.06. The van der Waals surface area contributed by atoms with E-state index in [9.17, 15) is 4.79 Å². The molecule has 3 aromatic rings. The number of fused-ring (bicyclic) bond motifs is 2. The molecule has 2 amide bonds. The van der Waals surface area contributed by atoms with Gasteiger partial charge in [-0.05, 0) is 49.2 Å². The van der Waals surface area contributed by atoms with E-state index >= 15 is 0 Å². The highest BCUT2D eigenvalue weighted by molar-refractivity contribution is 6.00. The Bertz CT molecular complexity index is 1040. The van der Waals surface area contributed by atoms with Crippen molar-refractivity contribution in [1.82, 2.24) is 14.8 Å². The van der Waals surface area contributed by atoms with Crippen LogP contribution in [0.1, 0.15) is 18.7 Å². The zero-order valence-corrected chi connectivity index (χ0v) is 15.9. The van der Waals surface area contributed by atoms with Crippen molar-refractivity contribution in [1.29, 1.82) is 0 Å². The topological polar surface area (TPSA) is 90.3 Å². The first-order chi connectivity index (χ1) is 14.3. The van der Waals surface area contributed by atoms with Gasteiger partial charge in [-0.1, -0.05) is 0 Å². The van der Waals surface area contributed by atoms with Gasteiger partial charge in [-0.25, -0.2) is 4.79 Å². The number of ether oxygens (including phenoxy) is 2. The number of rotatable bonds is 3. The van der Waals surface area contributed by atoms with Gasteiger partial charge in [0.05, 0.1) is 0 Å². The number of aromatic nitrogens is 3. The van der Waals surface area contributed by atoms with Gasteiger partial charge in [0.15, 0.2) is 17.3 Å². The molecule has 0 unspecified atom stereocenters. The lowest BCUT2D eigenvalue weighted by atomic mass is 10.1. The number of urea groups is 1. The standard InChI is InChI=1S/C21H21N5O3/c27-21(23-16-8-9-17-18(13-16)29-12-11-28-17)22-15-6-4-14(5-7-15)20-25-24-19-3-1-2-10-26(19)20/h4-9,13H,1-3,10-12H2,(H2,22,23,27). The molecule has 8 heteroatoms. The molecule has 0 radical (unpaired) electrons. The maximum absolute atomic E-state index is 12.3. The molecule has 0 spiro atoms. The zero-order chi connectivity index (χ0) is 19.6. The summed E-state index contributed by atoms with van der Waals surface area (Å²) in [4.78, 5) is 12.3. The lowest BCUT2D eigenvalue weighted by molar-refractivity contribution is 0.171. The van der Waals surface area contributed by atoms with Crippen LogP contribution in [0.2, 0.25) is 0 Å². The fraction of sp³-hybridized carbons (Fsp3) is 0.286. The summed E-state index contributed by atoms with van der Waals surface area (Å²) in [5, 5.41) is 14.3. The largest absolute Gasteiger partial charge is 0.486 e. The van der Waals surface area contributed by atoms with Gasteiger partial charge >= 0.3 is 6.03 Å². The summed E-state index contributed by atoms with van der Waals surface area (Å²) in [6.07, 6.45) is 3.30. The average Bonchev–Trinajstić information content (AvgIpc) is 3.18. The Morgan fingerprint density at radius 2 is 1.66 bits per heavy atom. The van der Waals surface area contributed by atoms with Crippen molar-refractivity contribution in [3.63, 3.8) is 0 Å². The van der Waals surface area contributed by atoms with Crippen LogP contribution in [0.5, 0.6) is 11.5 Å². The first kappa shape index (κ1) is 17.5. The molecule has 2 aliphatic heterocycles. The van der Waals surface area contributed by atoms with E-state index in [0.717, 1.165) is 36.6 Å². The number of aryl methyl sites for hydroxylation is 1. The fourth-order valence-corrected chi connectivity index (χ4v) is 3.64. The molecule has 0 saturated carbocycles. The Labute approximate surface area is 167 Å². The quantitative estimate of drug-likeness (QED) is 0.711. The molecular weight excluding hydrogens is 370 g/mol. The molecule has 0 aliphatic carbocycles. The van der Waals surface area contributed by atoms with E-state index in [-0.39, 0.29) is 6.03 Å². The van der Waals surface area contributed by atoms with Crippen LogP contribution >= 0.6 is 0 Å². The number of anilines is 2. The fourth-order valence-electron chi connectivity index (χ4n) is 3.64. The van der Waals surface area contributed by atoms with Crippen LogP contribution in [0.3, 0.4) is 0 Å². The lowest BCUT2D eigenvalue weighted by Crippen LogP contribution is -2.20. The Kier molecular flexibility index (Phi) is 4.51. The summed E-state index contributed by atoms with van der Waals surface area (Å²) in [6.45, 7) is 1.99. The number of nitrogens with one attached hydrogen (secondary N) is 2. The third-order valence-corrected chi connectivity index (χ3v) is 5.06. The predicted molar refractivity (Wildman–Crippen MR) is 108 cm³/mol. The molecule has 8 nitrogen and oxygen atoms in total. The normalized spacial score (nSPS) is 14.8. The van der Waals surface area contributed by atoms with Crippen LogP contribution in [0, 0.1) is 0 Å². The summed E-state index contributed by atoms with van der Waals surface area (Å²) in [5.74, 6) is 3.25. The number of carbonyl (C=O) groups is 1. The summed E-state index contributed by atoms with van der Waals surface area (Å²) in [6, 6.07) is 12.6. The summed E-state index contributed by atoms with van der Waals surface area (Å²) >= 11 is 0. The first-order valence-electron chi connectivity index (χ1n) is 9.76. The Hall–Kier alpha value is -3.55. The van der Waals surface area contributed by atoms with Gasteiger partial charge in [-0.3, -0.25) is 0 Å². The van der Waals surface area contributed by atoms with Gasteiger partial charge in [-0.2, -0.15) is 0 Å². The van der Waals surface area contributed by atoms with E-state index < -0.39 is 0 Å². The van der Waals surface area contributed by atoms with E-state index in [1.54, 1.807) is 18.2 Å². The van der Waals surface area contributed by atoms with E-state index in [0.29, 0.717) is 36.1 Å². The Balaban J connectivity index is 1.25. The first-order valence-corrected chi connectivity index (χ1v) is 9.76. The third kappa shape index (κ3) is 3.61. The average molecular weight is 391 g/mol. The van der Waals surface area contributed by atoms with Crippen molar-refractivity contribution in [2.45, 2.75) is 25.8 Å². The SMILES string of the molecule is O=C(Nc1ccc(-c2nnc3n2CCCC3)cc1)Nc1ccc2c(c1)OCCO2. The molecule has 0 atom stereocenters. The van der Waals surface area contributed by atoms with Crippen molar-refractivity contribution in [3.05, 3.63) is 48.3 Å². The smallest absolute Gasteiger partial charge is 0.323 e. The summed E-state index contributed by atoms with van der Waals surface area (Å²) in [7, 11) is 0. The van der Waals surface area contributed by atoms with Crippen molar-refractivity contribution >= 4 is 17.4 Å². The van der Waals surface area contributed by atoms with E-state index in [1.807, 2.05) is 24.3 Å². The molecule has 0 bridgehead atoms. The molecule has 0 saturated heterocycles. The summed E-state index contributed by atoms with van der Waals surface area (Å²) in [5.41, 5.74) is 2.32. The van der Waals surface area contributed by atoms with E-state index in [1.165, 1.54) is 6.42 Å². The highest BCUT2D eigenvalue weighted by Crippen LogP contribution is 2.32. The number of hydrogen-bond acceptors (Lipinski definition) is 5.